The van der Waals surface area contributed by atoms with E-state index in [9.17, 15) is 14.9 Å². The molecule has 1 aromatic carbocycles. The fourth-order valence-electron chi connectivity index (χ4n) is 4.13. The van der Waals surface area contributed by atoms with Gasteiger partial charge in [0.15, 0.2) is 0 Å². The molecule has 12 heteroatoms. The number of nitrogens with one attached hydrogen (secondary N) is 1. The lowest BCUT2D eigenvalue weighted by molar-refractivity contribution is -0.385. The van der Waals surface area contributed by atoms with Crippen LogP contribution in [-0.4, -0.2) is 70.8 Å². The Hall–Kier alpha value is -5.02. The number of pyridine rings is 1. The molecule has 3 heterocycles. The van der Waals surface area contributed by atoms with Crippen molar-refractivity contribution in [3.8, 4) is 17.3 Å². The van der Waals surface area contributed by atoms with Crippen LogP contribution in [0.2, 0.25) is 0 Å². The summed E-state index contributed by atoms with van der Waals surface area (Å²) in [6, 6.07) is 11.8. The van der Waals surface area contributed by atoms with Crippen LogP contribution in [0, 0.1) is 21.4 Å². The first kappa shape index (κ1) is 28.0. The largest absolute Gasteiger partial charge is 0.462 e. The molecule has 0 saturated heterocycles. The highest BCUT2D eigenvalue weighted by Crippen LogP contribution is 2.33. The fourth-order valence-corrected chi connectivity index (χ4v) is 4.13. The average molecular weight is 541 g/mol. The average Bonchev–Trinajstić information content (AvgIpc) is 3.45. The molecule has 0 amide bonds. The topological polar surface area (TPSA) is 160 Å². The first-order chi connectivity index (χ1) is 19.3. The van der Waals surface area contributed by atoms with Gasteiger partial charge in [0, 0.05) is 37.1 Å². The lowest BCUT2D eigenvalue weighted by Gasteiger charge is -2.23. The third-order valence-corrected chi connectivity index (χ3v) is 6.23. The lowest BCUT2D eigenvalue weighted by Crippen LogP contribution is -2.25. The number of nitro groups is 1. The second kappa shape index (κ2) is 12.7. The van der Waals surface area contributed by atoms with Gasteiger partial charge in [0.05, 0.1) is 34.6 Å². The summed E-state index contributed by atoms with van der Waals surface area (Å²) < 4.78 is 5.47. The summed E-state index contributed by atoms with van der Waals surface area (Å²) in [6.07, 6.45) is 9.17. The molecule has 1 N–H and O–H groups in total. The molecule has 0 spiro atoms. The zero-order valence-electron chi connectivity index (χ0n) is 22.1. The zero-order valence-corrected chi connectivity index (χ0v) is 22.1. The van der Waals surface area contributed by atoms with Crippen LogP contribution in [-0.2, 0) is 10.3 Å². The van der Waals surface area contributed by atoms with Crippen molar-refractivity contribution >= 4 is 23.8 Å². The Morgan fingerprint density at radius 2 is 1.98 bits per heavy atom. The number of hydrogen-bond acceptors (Lipinski definition) is 11. The first-order valence-electron chi connectivity index (χ1n) is 12.6. The van der Waals surface area contributed by atoms with Crippen molar-refractivity contribution < 1.29 is 14.5 Å². The van der Waals surface area contributed by atoms with Gasteiger partial charge in [-0.1, -0.05) is 12.1 Å². The highest BCUT2D eigenvalue weighted by Gasteiger charge is 2.32. The molecular weight excluding hydrogens is 512 g/mol. The van der Waals surface area contributed by atoms with Gasteiger partial charge in [-0.25, -0.2) is 14.8 Å². The van der Waals surface area contributed by atoms with Gasteiger partial charge in [-0.05, 0) is 57.3 Å². The maximum Gasteiger partial charge on any atom is 0.341 e. The minimum absolute atomic E-state index is 0.0944. The Morgan fingerprint density at radius 3 is 2.60 bits per heavy atom. The fraction of sp³-hybridized carbons (Fsp3) is 0.286. The number of esters is 1. The van der Waals surface area contributed by atoms with E-state index in [-0.39, 0.29) is 17.9 Å². The predicted octanol–water partition coefficient (Wildman–Crippen LogP) is 3.77. The van der Waals surface area contributed by atoms with Gasteiger partial charge in [-0.2, -0.15) is 5.26 Å². The molecule has 1 unspecified atom stereocenters. The van der Waals surface area contributed by atoms with Crippen molar-refractivity contribution in [3.05, 3.63) is 87.9 Å². The van der Waals surface area contributed by atoms with Crippen LogP contribution in [0.3, 0.4) is 0 Å². The summed E-state index contributed by atoms with van der Waals surface area (Å²) in [6.45, 7) is 1.43. The SMILES string of the molecule is CN(C)CCCOC(=O)c1cnc(NCCC2(c3ccc([N+](=O)[O-])cn3)C=CC=N2)nc1-c1ccc(C#N)cc1. The Bertz CT molecular complexity index is 1450. The Balaban J connectivity index is 1.52. The molecule has 40 heavy (non-hydrogen) atoms. The maximum atomic E-state index is 12.9. The van der Waals surface area contributed by atoms with Gasteiger partial charge >= 0.3 is 5.97 Å². The van der Waals surface area contributed by atoms with E-state index < -0.39 is 16.4 Å². The second-order valence-corrected chi connectivity index (χ2v) is 9.33. The number of benzene rings is 1. The van der Waals surface area contributed by atoms with Crippen molar-refractivity contribution in [2.75, 3.05) is 39.1 Å². The molecule has 0 bridgehead atoms. The third-order valence-electron chi connectivity index (χ3n) is 6.23. The molecule has 0 saturated carbocycles. The molecule has 2 aromatic heterocycles. The summed E-state index contributed by atoms with van der Waals surface area (Å²) in [5.74, 6) is -0.237. The number of nitriles is 1. The van der Waals surface area contributed by atoms with Gasteiger partial charge < -0.3 is 15.0 Å². The first-order valence-corrected chi connectivity index (χ1v) is 12.6. The van der Waals surface area contributed by atoms with Crippen molar-refractivity contribution in [1.29, 1.82) is 5.26 Å². The smallest absolute Gasteiger partial charge is 0.341 e. The molecule has 0 aliphatic carbocycles. The number of aliphatic imine (C=N–C) groups is 1. The van der Waals surface area contributed by atoms with Crippen LogP contribution in [0.15, 0.2) is 65.9 Å². The number of carbonyl (C=O) groups excluding carboxylic acids is 1. The van der Waals surface area contributed by atoms with Crippen molar-refractivity contribution in [2.45, 2.75) is 18.4 Å². The molecular formula is C28H28N8O4. The molecule has 1 aliphatic heterocycles. The molecule has 0 fully saturated rings. The highest BCUT2D eigenvalue weighted by atomic mass is 16.6. The summed E-state index contributed by atoms with van der Waals surface area (Å²) >= 11 is 0. The van der Waals surface area contributed by atoms with E-state index in [4.69, 9.17) is 10.00 Å². The zero-order chi connectivity index (χ0) is 28.5. The number of rotatable bonds is 12. The Labute approximate surface area is 231 Å². The van der Waals surface area contributed by atoms with E-state index in [1.165, 1.54) is 18.5 Å². The summed E-state index contributed by atoms with van der Waals surface area (Å²) in [7, 11) is 3.90. The number of anilines is 1. The van der Waals surface area contributed by atoms with E-state index >= 15 is 0 Å². The Morgan fingerprint density at radius 1 is 1.18 bits per heavy atom. The lowest BCUT2D eigenvalue weighted by atomic mass is 9.92. The molecule has 1 aliphatic rings. The van der Waals surface area contributed by atoms with Gasteiger partial charge in [0.25, 0.3) is 5.69 Å². The van der Waals surface area contributed by atoms with Crippen LogP contribution < -0.4 is 5.32 Å². The van der Waals surface area contributed by atoms with Gasteiger partial charge in [-0.15, -0.1) is 0 Å². The summed E-state index contributed by atoms with van der Waals surface area (Å²) in [5, 5.41) is 23.4. The van der Waals surface area contributed by atoms with Crippen LogP contribution in [0.1, 0.15) is 34.5 Å². The summed E-state index contributed by atoms with van der Waals surface area (Å²) in [5.41, 5.74) is 1.42. The van der Waals surface area contributed by atoms with E-state index in [2.05, 4.69) is 31.3 Å². The van der Waals surface area contributed by atoms with Crippen LogP contribution in [0.4, 0.5) is 11.6 Å². The number of nitrogens with zero attached hydrogens (tertiary/aromatic N) is 7. The Kier molecular flexibility index (Phi) is 8.88. The molecule has 0 radical (unpaired) electrons. The quantitative estimate of drug-likeness (QED) is 0.155. The standard InChI is InChI=1S/C28H28N8O4/c1-35(2)15-4-16-40-26(37)23-19-32-27(34-25(23)21-7-5-20(17-29)6-8-21)30-14-12-28(11-3-13-33-28)24-10-9-22(18-31-24)36(38)39/h3,5-11,13,18-19H,4,12,14-16H2,1-2H3,(H,30,32,34). The van der Waals surface area contributed by atoms with E-state index in [0.29, 0.717) is 47.8 Å². The molecule has 12 nitrogen and oxygen atoms in total. The van der Waals surface area contributed by atoms with E-state index in [0.717, 1.165) is 6.54 Å². The molecule has 4 rings (SSSR count). The van der Waals surface area contributed by atoms with Crippen LogP contribution >= 0.6 is 0 Å². The number of carbonyl (C=O) groups is 1. The normalized spacial score (nSPS) is 15.7. The van der Waals surface area contributed by atoms with Gasteiger partial charge in [0.2, 0.25) is 5.95 Å². The number of aromatic nitrogens is 3. The maximum absolute atomic E-state index is 12.9. The molecule has 204 valence electrons. The van der Waals surface area contributed by atoms with Crippen molar-refractivity contribution in [2.24, 2.45) is 4.99 Å². The number of ether oxygens (including phenoxy) is 1. The van der Waals surface area contributed by atoms with Crippen molar-refractivity contribution in [3.63, 3.8) is 0 Å². The predicted molar refractivity (Wildman–Crippen MR) is 149 cm³/mol. The summed E-state index contributed by atoms with van der Waals surface area (Å²) in [4.78, 5) is 43.2. The third kappa shape index (κ3) is 6.69. The van der Waals surface area contributed by atoms with Crippen molar-refractivity contribution in [1.82, 2.24) is 19.9 Å². The van der Waals surface area contributed by atoms with Crippen LogP contribution in [0.25, 0.3) is 11.3 Å². The van der Waals surface area contributed by atoms with E-state index in [1.54, 1.807) is 36.5 Å². The minimum atomic E-state index is -0.783. The van der Waals surface area contributed by atoms with Crippen LogP contribution in [0.5, 0.6) is 0 Å². The highest BCUT2D eigenvalue weighted by molar-refractivity contribution is 5.96. The molecule has 3 aromatic rings. The monoisotopic (exact) mass is 540 g/mol. The van der Waals surface area contributed by atoms with Gasteiger partial charge in [-0.3, -0.25) is 20.1 Å². The van der Waals surface area contributed by atoms with E-state index in [1.807, 2.05) is 31.1 Å². The number of allylic oxidation sites excluding steroid dienone is 1. The minimum Gasteiger partial charge on any atom is -0.462 e. The number of hydrogen-bond donors (Lipinski definition) is 1. The molecule has 1 atom stereocenters. The second-order valence-electron chi connectivity index (χ2n) is 9.33. The van der Waals surface area contributed by atoms with Gasteiger partial charge in [0.1, 0.15) is 17.3 Å².